The highest BCUT2D eigenvalue weighted by Crippen LogP contribution is 2.44. The molecule has 1 aromatic heterocycles. The van der Waals surface area contributed by atoms with Gasteiger partial charge in [0.05, 0.1) is 0 Å². The lowest BCUT2D eigenvalue weighted by Gasteiger charge is -2.34. The van der Waals surface area contributed by atoms with E-state index in [9.17, 15) is 8.78 Å². The van der Waals surface area contributed by atoms with Crippen LogP contribution in [0.3, 0.4) is 0 Å². The number of hydrogen-bond donors (Lipinski definition) is 0. The molecule has 1 aromatic carbocycles. The van der Waals surface area contributed by atoms with Gasteiger partial charge in [-0.1, -0.05) is 12.1 Å². The van der Waals surface area contributed by atoms with Gasteiger partial charge in [-0.25, -0.2) is 0 Å². The molecule has 3 rings (SSSR count). The molecule has 0 radical (unpaired) electrons. The van der Waals surface area contributed by atoms with E-state index >= 15 is 0 Å². The Balaban J connectivity index is 2.09. The van der Waals surface area contributed by atoms with E-state index in [4.69, 9.17) is 14.7 Å². The smallest absolute Gasteiger partial charge is 0.357 e. The number of nitriles is 1. The van der Waals surface area contributed by atoms with Gasteiger partial charge in [0, 0.05) is 6.20 Å². The van der Waals surface area contributed by atoms with Crippen molar-refractivity contribution in [2.75, 3.05) is 0 Å². The van der Waals surface area contributed by atoms with Gasteiger partial charge in [0.15, 0.2) is 17.7 Å². The maximum Gasteiger partial charge on any atom is 0.357 e. The molecule has 2 unspecified atom stereocenters. The number of fused-ring (bicyclic) bond motifs is 1. The van der Waals surface area contributed by atoms with Crippen LogP contribution in [-0.2, 0) is 5.85 Å². The number of ether oxygens (including phenoxy) is 2. The van der Waals surface area contributed by atoms with Crippen LogP contribution in [0.15, 0.2) is 42.6 Å². The molecule has 2 atom stereocenters. The highest BCUT2D eigenvalue weighted by molar-refractivity contribution is 5.42. The zero-order valence-electron chi connectivity index (χ0n) is 9.59. The lowest BCUT2D eigenvalue weighted by molar-refractivity contribution is -0.216. The predicted molar refractivity (Wildman–Crippen MR) is 60.8 cm³/mol. The summed E-state index contributed by atoms with van der Waals surface area (Å²) in [5, 5.41) is 8.86. The fraction of sp³-hybridized carbons (Fsp3) is 0.154. The van der Waals surface area contributed by atoms with Crippen molar-refractivity contribution in [2.24, 2.45) is 0 Å². The first-order valence-corrected chi connectivity index (χ1v) is 5.51. The quantitative estimate of drug-likeness (QED) is 0.793. The summed E-state index contributed by atoms with van der Waals surface area (Å²) in [6, 6.07) is 8.88. The van der Waals surface area contributed by atoms with Crippen LogP contribution < -0.4 is 9.47 Å². The monoisotopic (exact) mass is 262 g/mol. The van der Waals surface area contributed by atoms with Gasteiger partial charge in [0.2, 0.25) is 0 Å². The molecule has 6 heteroatoms. The van der Waals surface area contributed by atoms with Crippen molar-refractivity contribution >= 4 is 0 Å². The number of rotatable bonds is 1. The molecule has 0 spiro atoms. The molecular formula is C13H8F2N2O2. The summed E-state index contributed by atoms with van der Waals surface area (Å²) in [5.41, 5.74) is -0.253. The van der Waals surface area contributed by atoms with Crippen LogP contribution in [0.25, 0.3) is 0 Å². The first kappa shape index (κ1) is 11.5. The Morgan fingerprint density at radius 1 is 1.21 bits per heavy atom. The molecule has 0 aliphatic carbocycles. The van der Waals surface area contributed by atoms with Crippen molar-refractivity contribution in [1.29, 1.82) is 5.26 Å². The number of benzene rings is 1. The number of nitrogens with zero attached hydrogens (tertiary/aromatic N) is 2. The Kier molecular flexibility index (Phi) is 2.42. The molecule has 19 heavy (non-hydrogen) atoms. The molecule has 96 valence electrons. The van der Waals surface area contributed by atoms with Gasteiger partial charge in [0.25, 0.3) is 0 Å². The summed E-state index contributed by atoms with van der Waals surface area (Å²) in [6.07, 6.45) is 0.673. The summed E-state index contributed by atoms with van der Waals surface area (Å²) in [4.78, 5) is 0. The van der Waals surface area contributed by atoms with Crippen LogP contribution in [0.4, 0.5) is 8.78 Å². The van der Waals surface area contributed by atoms with Gasteiger partial charge in [-0.2, -0.15) is 14.0 Å². The van der Waals surface area contributed by atoms with Gasteiger partial charge in [-0.15, -0.1) is 0 Å². The average Bonchev–Trinajstić information content (AvgIpc) is 2.89. The van der Waals surface area contributed by atoms with Crippen LogP contribution >= 0.6 is 0 Å². The highest BCUT2D eigenvalue weighted by atomic mass is 19.2. The summed E-state index contributed by atoms with van der Waals surface area (Å²) in [5.74, 6) is -2.64. The van der Waals surface area contributed by atoms with Crippen LogP contribution in [0.2, 0.25) is 0 Å². The Morgan fingerprint density at radius 3 is 2.68 bits per heavy atom. The van der Waals surface area contributed by atoms with E-state index in [0.29, 0.717) is 0 Å². The molecule has 0 amide bonds. The van der Waals surface area contributed by atoms with E-state index in [1.54, 1.807) is 18.3 Å². The maximum absolute atomic E-state index is 14.8. The van der Waals surface area contributed by atoms with Gasteiger partial charge in [0.1, 0.15) is 5.69 Å². The summed E-state index contributed by atoms with van der Waals surface area (Å²) in [7, 11) is 0. The van der Waals surface area contributed by atoms with Crippen molar-refractivity contribution in [2.45, 2.75) is 12.2 Å². The van der Waals surface area contributed by atoms with E-state index in [1.807, 2.05) is 0 Å². The topological polar surface area (TPSA) is 47.2 Å². The van der Waals surface area contributed by atoms with Crippen LogP contribution in [0.5, 0.6) is 11.5 Å². The molecule has 0 N–H and O–H groups in total. The minimum Gasteiger partial charge on any atom is -0.449 e. The van der Waals surface area contributed by atoms with Crippen molar-refractivity contribution in [3.63, 3.8) is 0 Å². The number of aromatic nitrogens is 1. The fourth-order valence-electron chi connectivity index (χ4n) is 1.94. The van der Waals surface area contributed by atoms with E-state index in [0.717, 1.165) is 4.57 Å². The van der Waals surface area contributed by atoms with Crippen molar-refractivity contribution in [1.82, 2.24) is 4.57 Å². The molecule has 2 heterocycles. The first-order chi connectivity index (χ1) is 9.15. The number of alkyl halides is 2. The van der Waals surface area contributed by atoms with Crippen molar-refractivity contribution in [3.05, 3.63) is 48.3 Å². The van der Waals surface area contributed by atoms with Crippen LogP contribution in [-0.4, -0.2) is 10.9 Å². The molecule has 2 aromatic rings. The Morgan fingerprint density at radius 2 is 1.95 bits per heavy atom. The number of halogens is 2. The zero-order valence-corrected chi connectivity index (χ0v) is 9.59. The maximum atomic E-state index is 14.8. The van der Waals surface area contributed by atoms with E-state index in [-0.39, 0.29) is 17.2 Å². The third-order valence-electron chi connectivity index (χ3n) is 2.84. The third-order valence-corrected chi connectivity index (χ3v) is 2.84. The molecular weight excluding hydrogens is 254 g/mol. The highest BCUT2D eigenvalue weighted by Gasteiger charge is 2.52. The standard InChI is InChI=1S/C13H8F2N2O2/c14-12-13(15,11-6-3-7-17(11)8-16)19-10-5-2-1-4-9(10)18-12/h1-7,12H. The second-order valence-corrected chi connectivity index (χ2v) is 3.99. The average molecular weight is 262 g/mol. The Labute approximate surface area is 107 Å². The first-order valence-electron chi connectivity index (χ1n) is 5.51. The molecule has 0 fully saturated rings. The summed E-state index contributed by atoms with van der Waals surface area (Å²) >= 11 is 0. The van der Waals surface area contributed by atoms with E-state index in [1.165, 1.54) is 30.5 Å². The molecule has 1 aliphatic heterocycles. The minimum atomic E-state index is -2.85. The summed E-state index contributed by atoms with van der Waals surface area (Å²) < 4.78 is 39.6. The van der Waals surface area contributed by atoms with Crippen molar-refractivity contribution in [3.8, 4) is 17.7 Å². The second kappa shape index (κ2) is 3.99. The van der Waals surface area contributed by atoms with Crippen molar-refractivity contribution < 1.29 is 18.3 Å². The largest absolute Gasteiger partial charge is 0.449 e. The van der Waals surface area contributed by atoms with Crippen LogP contribution in [0.1, 0.15) is 5.69 Å². The molecule has 4 nitrogen and oxygen atoms in total. The van der Waals surface area contributed by atoms with Gasteiger partial charge in [-0.3, -0.25) is 4.57 Å². The normalized spacial score (nSPS) is 24.8. The minimum absolute atomic E-state index is 0.0876. The van der Waals surface area contributed by atoms with Crippen LogP contribution in [0, 0.1) is 11.5 Å². The van der Waals surface area contributed by atoms with Gasteiger partial charge >= 0.3 is 12.2 Å². The van der Waals surface area contributed by atoms with Gasteiger partial charge < -0.3 is 9.47 Å². The number of para-hydroxylation sites is 2. The van der Waals surface area contributed by atoms with E-state index in [2.05, 4.69) is 0 Å². The lowest BCUT2D eigenvalue weighted by atomic mass is 10.2. The lowest BCUT2D eigenvalue weighted by Crippen LogP contribution is -2.45. The Hall–Kier alpha value is -2.55. The summed E-state index contributed by atoms with van der Waals surface area (Å²) in [6.45, 7) is 0. The van der Waals surface area contributed by atoms with Gasteiger partial charge in [-0.05, 0) is 24.3 Å². The molecule has 1 aliphatic rings. The third kappa shape index (κ3) is 1.63. The zero-order chi connectivity index (χ0) is 13.5. The fourth-order valence-corrected chi connectivity index (χ4v) is 1.94. The number of hydrogen-bond acceptors (Lipinski definition) is 3. The van der Waals surface area contributed by atoms with E-state index < -0.39 is 12.2 Å². The molecule has 0 bridgehead atoms. The SMILES string of the molecule is N#Cn1cccc1C1(F)Oc2ccccc2OC1F. The molecule has 0 saturated carbocycles. The Bertz CT molecular complexity index is 665. The predicted octanol–water partition coefficient (Wildman–Crippen LogP) is 2.71. The second-order valence-electron chi connectivity index (χ2n) is 3.99. The molecule has 0 saturated heterocycles.